The van der Waals surface area contributed by atoms with Crippen LogP contribution in [0.2, 0.25) is 0 Å². The molecular formula is C28H27N5O8. The van der Waals surface area contributed by atoms with E-state index < -0.39 is 48.1 Å². The summed E-state index contributed by atoms with van der Waals surface area (Å²) in [5.41, 5.74) is 0.225. The van der Waals surface area contributed by atoms with E-state index in [9.17, 15) is 33.9 Å². The number of benzene rings is 2. The number of carbonyl (C=O) groups excluding carboxylic acids is 5. The number of fused-ring (bicyclic) bond motifs is 2. The molecule has 0 fully saturated rings. The van der Waals surface area contributed by atoms with Crippen LogP contribution in [-0.2, 0) is 28.7 Å². The summed E-state index contributed by atoms with van der Waals surface area (Å²) < 4.78 is 5.02. The molecule has 1 aromatic heterocycles. The van der Waals surface area contributed by atoms with Crippen molar-refractivity contribution in [1.82, 2.24) is 15.3 Å². The van der Waals surface area contributed by atoms with Gasteiger partial charge in [0.25, 0.3) is 17.7 Å². The summed E-state index contributed by atoms with van der Waals surface area (Å²) in [6.45, 7) is 0.350. The number of hydrazine groups is 1. The van der Waals surface area contributed by atoms with Gasteiger partial charge in [-0.3, -0.25) is 29.0 Å². The first-order chi connectivity index (χ1) is 19.7. The van der Waals surface area contributed by atoms with Crippen LogP contribution in [0.3, 0.4) is 0 Å². The van der Waals surface area contributed by atoms with Gasteiger partial charge in [0.05, 0.1) is 24.3 Å². The highest BCUT2D eigenvalue weighted by Crippen LogP contribution is 2.35. The lowest BCUT2D eigenvalue weighted by atomic mass is 10.1. The third-order valence-electron chi connectivity index (χ3n) is 6.43. The number of hydrogen-bond donors (Lipinski definition) is 2. The van der Waals surface area contributed by atoms with Crippen LogP contribution in [0.4, 0.5) is 11.4 Å². The SMILES string of the molecule is COCC(=O)N1C[C@H](NC(=O)c2nccc3ccccc23)C(=O)N(N(C(C)=O)[C@H](C=O)CC(=O)O)c2ccccc21. The highest BCUT2D eigenvalue weighted by atomic mass is 16.5. The number of anilines is 2. The second-order valence-electron chi connectivity index (χ2n) is 9.15. The van der Waals surface area contributed by atoms with E-state index in [4.69, 9.17) is 4.74 Å². The molecule has 0 bridgehead atoms. The molecule has 2 heterocycles. The first kappa shape index (κ1) is 28.8. The van der Waals surface area contributed by atoms with E-state index in [1.807, 2.05) is 0 Å². The van der Waals surface area contributed by atoms with E-state index in [0.29, 0.717) is 5.39 Å². The first-order valence-electron chi connectivity index (χ1n) is 12.5. The lowest BCUT2D eigenvalue weighted by Gasteiger charge is -2.38. The number of methoxy groups -OCH3 is 1. The Balaban J connectivity index is 1.85. The van der Waals surface area contributed by atoms with E-state index in [1.54, 1.807) is 42.5 Å². The molecule has 2 N–H and O–H groups in total. The van der Waals surface area contributed by atoms with Gasteiger partial charge in [-0.1, -0.05) is 36.4 Å². The van der Waals surface area contributed by atoms with Gasteiger partial charge in [0, 0.05) is 25.6 Å². The lowest BCUT2D eigenvalue weighted by Crippen LogP contribution is -2.61. The number of para-hydroxylation sites is 2. The van der Waals surface area contributed by atoms with Crippen molar-refractivity contribution in [3.05, 3.63) is 66.5 Å². The summed E-state index contributed by atoms with van der Waals surface area (Å²) in [6.07, 6.45) is 0.900. The number of nitrogens with zero attached hydrogens (tertiary/aromatic N) is 4. The number of rotatable bonds is 9. The summed E-state index contributed by atoms with van der Waals surface area (Å²) in [5.74, 6) is -4.36. The van der Waals surface area contributed by atoms with Crippen LogP contribution in [-0.4, -0.2) is 83.3 Å². The topological polar surface area (TPSA) is 167 Å². The van der Waals surface area contributed by atoms with Crippen molar-refractivity contribution in [2.45, 2.75) is 25.4 Å². The number of amides is 4. The highest BCUT2D eigenvalue weighted by Gasteiger charge is 2.42. The number of aliphatic carboxylic acids is 1. The molecule has 4 rings (SSSR count). The summed E-state index contributed by atoms with van der Waals surface area (Å²) >= 11 is 0. The summed E-state index contributed by atoms with van der Waals surface area (Å²) in [6, 6.07) is 11.8. The molecule has 3 aromatic rings. The Bertz CT molecular complexity index is 1520. The molecule has 0 saturated carbocycles. The van der Waals surface area contributed by atoms with Gasteiger partial charge in [-0.05, 0) is 23.6 Å². The Hall–Kier alpha value is -5.17. The number of nitrogens with one attached hydrogen (secondary N) is 1. The van der Waals surface area contributed by atoms with Gasteiger partial charge in [-0.15, -0.1) is 0 Å². The molecule has 0 saturated heterocycles. The van der Waals surface area contributed by atoms with Gasteiger partial charge in [0.15, 0.2) is 0 Å². The molecule has 0 unspecified atom stereocenters. The Morgan fingerprint density at radius 3 is 2.46 bits per heavy atom. The molecular weight excluding hydrogens is 534 g/mol. The largest absolute Gasteiger partial charge is 0.481 e. The number of ether oxygens (including phenoxy) is 1. The van der Waals surface area contributed by atoms with Crippen molar-refractivity contribution in [1.29, 1.82) is 0 Å². The van der Waals surface area contributed by atoms with Crippen LogP contribution in [0.15, 0.2) is 60.8 Å². The molecule has 212 valence electrons. The van der Waals surface area contributed by atoms with E-state index in [2.05, 4.69) is 10.3 Å². The monoisotopic (exact) mass is 561 g/mol. The van der Waals surface area contributed by atoms with Crippen LogP contribution < -0.4 is 15.2 Å². The normalized spacial score (nSPS) is 15.5. The minimum absolute atomic E-state index is 0.0226. The molecule has 13 nitrogen and oxygen atoms in total. The number of aldehydes is 1. The Kier molecular flexibility index (Phi) is 8.68. The number of aromatic nitrogens is 1. The van der Waals surface area contributed by atoms with E-state index in [1.165, 1.54) is 30.3 Å². The van der Waals surface area contributed by atoms with Gasteiger partial charge >= 0.3 is 5.97 Å². The molecule has 4 amide bonds. The second-order valence-corrected chi connectivity index (χ2v) is 9.15. The number of carbonyl (C=O) groups is 6. The van der Waals surface area contributed by atoms with Crippen LogP contribution in [0.1, 0.15) is 23.8 Å². The summed E-state index contributed by atoms with van der Waals surface area (Å²) in [7, 11) is 1.32. The highest BCUT2D eigenvalue weighted by molar-refractivity contribution is 6.11. The first-order valence-corrected chi connectivity index (χ1v) is 12.5. The van der Waals surface area contributed by atoms with Gasteiger partial charge in [0.2, 0.25) is 5.91 Å². The fraction of sp³-hybridized carbons (Fsp3) is 0.250. The third-order valence-corrected chi connectivity index (χ3v) is 6.43. The minimum atomic E-state index is -1.57. The fourth-order valence-corrected chi connectivity index (χ4v) is 4.69. The number of carboxylic acid groups (broad SMARTS) is 1. The Labute approximate surface area is 234 Å². The van der Waals surface area contributed by atoms with Crippen LogP contribution in [0, 0.1) is 0 Å². The van der Waals surface area contributed by atoms with Gasteiger partial charge in [-0.2, -0.15) is 0 Å². The van der Waals surface area contributed by atoms with Crippen molar-refractivity contribution >= 4 is 58.0 Å². The quantitative estimate of drug-likeness (QED) is 0.365. The molecule has 2 aromatic carbocycles. The van der Waals surface area contributed by atoms with Crippen LogP contribution >= 0.6 is 0 Å². The average molecular weight is 562 g/mol. The van der Waals surface area contributed by atoms with Gasteiger partial charge in [0.1, 0.15) is 30.7 Å². The number of hydrogen-bond acceptors (Lipinski definition) is 8. The average Bonchev–Trinajstić information content (AvgIpc) is 3.07. The number of pyridine rings is 1. The minimum Gasteiger partial charge on any atom is -0.481 e. The zero-order valence-corrected chi connectivity index (χ0v) is 22.2. The van der Waals surface area contributed by atoms with Crippen molar-refractivity contribution < 1.29 is 38.6 Å². The van der Waals surface area contributed by atoms with Crippen molar-refractivity contribution in [2.75, 3.05) is 30.2 Å². The maximum absolute atomic E-state index is 14.2. The molecule has 41 heavy (non-hydrogen) atoms. The molecule has 13 heteroatoms. The molecule has 2 atom stereocenters. The maximum atomic E-state index is 14.2. The number of carboxylic acids is 1. The van der Waals surface area contributed by atoms with Crippen molar-refractivity contribution in [3.8, 4) is 0 Å². The van der Waals surface area contributed by atoms with Crippen LogP contribution in [0.25, 0.3) is 10.8 Å². The van der Waals surface area contributed by atoms with Crippen LogP contribution in [0.5, 0.6) is 0 Å². The van der Waals surface area contributed by atoms with Gasteiger partial charge < -0.3 is 24.9 Å². The van der Waals surface area contributed by atoms with Crippen molar-refractivity contribution in [2.24, 2.45) is 0 Å². The van der Waals surface area contributed by atoms with E-state index in [-0.39, 0.29) is 36.5 Å². The summed E-state index contributed by atoms with van der Waals surface area (Å²) in [4.78, 5) is 82.7. The third kappa shape index (κ3) is 5.89. The summed E-state index contributed by atoms with van der Waals surface area (Å²) in [5, 5.41) is 14.8. The molecule has 1 aliphatic rings. The molecule has 0 aliphatic carbocycles. The predicted octanol–water partition coefficient (Wildman–Crippen LogP) is 1.17. The Morgan fingerprint density at radius 1 is 1.12 bits per heavy atom. The lowest BCUT2D eigenvalue weighted by molar-refractivity contribution is -0.145. The van der Waals surface area contributed by atoms with Crippen molar-refractivity contribution in [3.63, 3.8) is 0 Å². The molecule has 0 spiro atoms. The second kappa shape index (κ2) is 12.3. The molecule has 0 radical (unpaired) electrons. The Morgan fingerprint density at radius 2 is 1.80 bits per heavy atom. The fourth-order valence-electron chi connectivity index (χ4n) is 4.69. The maximum Gasteiger partial charge on any atom is 0.305 e. The zero-order chi connectivity index (χ0) is 29.7. The smallest absolute Gasteiger partial charge is 0.305 e. The van der Waals surface area contributed by atoms with E-state index in [0.717, 1.165) is 22.3 Å². The predicted molar refractivity (Wildman–Crippen MR) is 146 cm³/mol. The zero-order valence-electron chi connectivity index (χ0n) is 22.2. The van der Waals surface area contributed by atoms with Gasteiger partial charge in [-0.25, -0.2) is 10.0 Å². The van der Waals surface area contributed by atoms with E-state index >= 15 is 0 Å². The standard InChI is InChI=1S/C28H27N5O8/c1-17(35)32(19(15-34)13-25(37)38)33-23-10-6-5-9-22(23)31(24(36)16-41-2)14-21(28(33)40)30-27(39)26-20-8-4-3-7-18(20)11-12-29-26/h3-12,15,19,21H,13-14,16H2,1-2H3,(H,30,39)(H,37,38)/t19-,21-/m0/s1. The molecule has 1 aliphatic heterocycles.